The highest BCUT2D eigenvalue weighted by Gasteiger charge is 2.20. The van der Waals surface area contributed by atoms with Crippen LogP contribution in [0.3, 0.4) is 0 Å². The van der Waals surface area contributed by atoms with Gasteiger partial charge in [-0.15, -0.1) is 0 Å². The molecule has 0 saturated heterocycles. The number of methoxy groups -OCH3 is 1. The number of hydrogen-bond acceptors (Lipinski definition) is 7. The molecule has 0 fully saturated rings. The van der Waals surface area contributed by atoms with Gasteiger partial charge in [-0.3, -0.25) is 4.79 Å². The molecule has 122 valence electrons. The molecule has 1 aromatic heterocycles. The summed E-state index contributed by atoms with van der Waals surface area (Å²) in [6.45, 7) is -0.531. The number of aryl methyl sites for hydroxylation is 1. The Morgan fingerprint density at radius 1 is 1.35 bits per heavy atom. The molecule has 8 nitrogen and oxygen atoms in total. The van der Waals surface area contributed by atoms with Gasteiger partial charge in [-0.1, -0.05) is 35.5 Å². The SMILES string of the molecule is COC(=O)[C@@H](CO)NC(=O)CCc1nc(-c2ccccc2)no1. The molecule has 1 aromatic carbocycles. The molecule has 2 rings (SSSR count). The van der Waals surface area contributed by atoms with E-state index < -0.39 is 24.5 Å². The van der Waals surface area contributed by atoms with Gasteiger partial charge in [0, 0.05) is 18.4 Å². The molecule has 0 aliphatic carbocycles. The lowest BCUT2D eigenvalue weighted by atomic mass is 10.2. The molecule has 0 aliphatic rings. The summed E-state index contributed by atoms with van der Waals surface area (Å²) >= 11 is 0. The zero-order valence-corrected chi connectivity index (χ0v) is 12.6. The Labute approximate surface area is 132 Å². The summed E-state index contributed by atoms with van der Waals surface area (Å²) in [7, 11) is 1.18. The van der Waals surface area contributed by atoms with E-state index in [0.29, 0.717) is 11.7 Å². The fourth-order valence-electron chi connectivity index (χ4n) is 1.87. The predicted molar refractivity (Wildman–Crippen MR) is 79.1 cm³/mol. The first kappa shape index (κ1) is 16.6. The molecule has 23 heavy (non-hydrogen) atoms. The fraction of sp³-hybridized carbons (Fsp3) is 0.333. The molecule has 1 atom stereocenters. The highest BCUT2D eigenvalue weighted by atomic mass is 16.5. The van der Waals surface area contributed by atoms with E-state index in [2.05, 4.69) is 20.2 Å². The van der Waals surface area contributed by atoms with Crippen molar-refractivity contribution in [1.82, 2.24) is 15.5 Å². The molecule has 2 N–H and O–H groups in total. The van der Waals surface area contributed by atoms with E-state index in [0.717, 1.165) is 5.56 Å². The van der Waals surface area contributed by atoms with Crippen LogP contribution in [0.1, 0.15) is 12.3 Å². The average molecular weight is 319 g/mol. The maximum Gasteiger partial charge on any atom is 0.330 e. The third-order valence-electron chi connectivity index (χ3n) is 3.07. The summed E-state index contributed by atoms with van der Waals surface area (Å²) in [6, 6.07) is 8.23. The van der Waals surface area contributed by atoms with Crippen LogP contribution >= 0.6 is 0 Å². The lowest BCUT2D eigenvalue weighted by Gasteiger charge is -2.13. The Hall–Kier alpha value is -2.74. The molecule has 0 bridgehead atoms. The van der Waals surface area contributed by atoms with E-state index in [1.54, 1.807) is 0 Å². The monoisotopic (exact) mass is 319 g/mol. The summed E-state index contributed by atoms with van der Waals surface area (Å²) in [5, 5.41) is 15.3. The highest BCUT2D eigenvalue weighted by Crippen LogP contribution is 2.15. The van der Waals surface area contributed by atoms with Gasteiger partial charge in [0.25, 0.3) is 0 Å². The summed E-state index contributed by atoms with van der Waals surface area (Å²) in [5.41, 5.74) is 0.818. The summed E-state index contributed by atoms with van der Waals surface area (Å²) in [5.74, 6) is -0.361. The lowest BCUT2D eigenvalue weighted by Crippen LogP contribution is -2.44. The van der Waals surface area contributed by atoms with Gasteiger partial charge in [-0.2, -0.15) is 4.98 Å². The Bertz CT molecular complexity index is 656. The van der Waals surface area contributed by atoms with Crippen LogP contribution in [0.5, 0.6) is 0 Å². The van der Waals surface area contributed by atoms with Crippen LogP contribution < -0.4 is 5.32 Å². The molecule has 0 saturated carbocycles. The van der Waals surface area contributed by atoms with E-state index in [-0.39, 0.29) is 12.8 Å². The number of carbonyl (C=O) groups excluding carboxylic acids is 2. The molecular weight excluding hydrogens is 302 g/mol. The molecular formula is C15H17N3O5. The molecule has 0 spiro atoms. The van der Waals surface area contributed by atoms with Crippen molar-refractivity contribution in [3.63, 3.8) is 0 Å². The first-order valence-electron chi connectivity index (χ1n) is 7.00. The Kier molecular flexibility index (Phi) is 5.81. The molecule has 0 radical (unpaired) electrons. The van der Waals surface area contributed by atoms with Crippen molar-refractivity contribution < 1.29 is 24.0 Å². The summed E-state index contributed by atoms with van der Waals surface area (Å²) in [6.07, 6.45) is 0.273. The van der Waals surface area contributed by atoms with Crippen molar-refractivity contribution in [3.05, 3.63) is 36.2 Å². The van der Waals surface area contributed by atoms with Crippen molar-refractivity contribution >= 4 is 11.9 Å². The second kappa shape index (κ2) is 8.04. The lowest BCUT2D eigenvalue weighted by molar-refractivity contribution is -0.146. The zero-order chi connectivity index (χ0) is 16.7. The van der Waals surface area contributed by atoms with Crippen molar-refractivity contribution in [2.75, 3.05) is 13.7 Å². The van der Waals surface area contributed by atoms with Crippen LogP contribution in [0, 0.1) is 0 Å². The number of esters is 1. The van der Waals surface area contributed by atoms with Crippen LogP contribution in [0.2, 0.25) is 0 Å². The van der Waals surface area contributed by atoms with Crippen molar-refractivity contribution in [1.29, 1.82) is 0 Å². The number of amides is 1. The van der Waals surface area contributed by atoms with Crippen LogP contribution in [0.25, 0.3) is 11.4 Å². The van der Waals surface area contributed by atoms with Crippen LogP contribution in [0.4, 0.5) is 0 Å². The van der Waals surface area contributed by atoms with Gasteiger partial charge in [0.05, 0.1) is 13.7 Å². The normalized spacial score (nSPS) is 11.7. The number of nitrogens with one attached hydrogen (secondary N) is 1. The number of rotatable bonds is 7. The Morgan fingerprint density at radius 3 is 2.74 bits per heavy atom. The minimum absolute atomic E-state index is 0.0456. The number of benzene rings is 1. The smallest absolute Gasteiger partial charge is 0.330 e. The largest absolute Gasteiger partial charge is 0.467 e. The maximum absolute atomic E-state index is 11.8. The number of aliphatic hydroxyl groups excluding tert-OH is 1. The van der Waals surface area contributed by atoms with Crippen LogP contribution in [-0.2, 0) is 20.7 Å². The minimum Gasteiger partial charge on any atom is -0.467 e. The van der Waals surface area contributed by atoms with Crippen LogP contribution in [-0.4, -0.2) is 46.9 Å². The quantitative estimate of drug-likeness (QED) is 0.706. The van der Waals surface area contributed by atoms with E-state index in [1.165, 1.54) is 7.11 Å². The first-order chi connectivity index (χ1) is 11.1. The van der Waals surface area contributed by atoms with Gasteiger partial charge in [0.2, 0.25) is 17.6 Å². The van der Waals surface area contributed by atoms with Crippen molar-refractivity contribution in [2.24, 2.45) is 0 Å². The maximum atomic E-state index is 11.8. The Morgan fingerprint density at radius 2 is 2.09 bits per heavy atom. The first-order valence-corrected chi connectivity index (χ1v) is 7.00. The highest BCUT2D eigenvalue weighted by molar-refractivity contribution is 5.84. The summed E-state index contributed by atoms with van der Waals surface area (Å²) < 4.78 is 9.55. The molecule has 0 aliphatic heterocycles. The second-order valence-electron chi connectivity index (χ2n) is 4.70. The molecule has 2 aromatic rings. The van der Waals surface area contributed by atoms with Gasteiger partial charge >= 0.3 is 5.97 Å². The average Bonchev–Trinajstić information content (AvgIpc) is 3.07. The number of ether oxygens (including phenoxy) is 1. The molecule has 1 heterocycles. The van der Waals surface area contributed by atoms with E-state index in [1.807, 2.05) is 30.3 Å². The van der Waals surface area contributed by atoms with E-state index in [9.17, 15) is 9.59 Å². The third kappa shape index (κ3) is 4.62. The van der Waals surface area contributed by atoms with Gasteiger partial charge in [-0.05, 0) is 0 Å². The zero-order valence-electron chi connectivity index (χ0n) is 12.6. The van der Waals surface area contributed by atoms with Crippen molar-refractivity contribution in [3.8, 4) is 11.4 Å². The number of nitrogens with zero attached hydrogens (tertiary/aromatic N) is 2. The number of aromatic nitrogens is 2. The second-order valence-corrected chi connectivity index (χ2v) is 4.70. The summed E-state index contributed by atoms with van der Waals surface area (Å²) in [4.78, 5) is 27.2. The van der Waals surface area contributed by atoms with E-state index >= 15 is 0 Å². The standard InChI is InChI=1S/C15H17N3O5/c1-22-15(21)11(9-19)16-12(20)7-8-13-17-14(18-23-13)10-5-3-2-4-6-10/h2-6,11,19H,7-9H2,1H3,(H,16,20)/t11-/m1/s1. The minimum atomic E-state index is -1.07. The van der Waals surface area contributed by atoms with Gasteiger partial charge in [0.1, 0.15) is 0 Å². The van der Waals surface area contributed by atoms with Crippen molar-refractivity contribution in [2.45, 2.75) is 18.9 Å². The van der Waals surface area contributed by atoms with Gasteiger partial charge < -0.3 is 19.7 Å². The number of aliphatic hydroxyl groups is 1. The predicted octanol–water partition coefficient (Wildman–Crippen LogP) is 0.319. The van der Waals surface area contributed by atoms with Crippen LogP contribution in [0.15, 0.2) is 34.9 Å². The number of carbonyl (C=O) groups is 2. The van der Waals surface area contributed by atoms with Gasteiger partial charge in [-0.25, -0.2) is 4.79 Å². The van der Waals surface area contributed by atoms with E-state index in [4.69, 9.17) is 9.63 Å². The fourth-order valence-corrected chi connectivity index (χ4v) is 1.87. The topological polar surface area (TPSA) is 115 Å². The Balaban J connectivity index is 1.88. The number of hydrogen-bond donors (Lipinski definition) is 2. The molecule has 8 heteroatoms. The third-order valence-corrected chi connectivity index (χ3v) is 3.07. The molecule has 0 unspecified atom stereocenters. The van der Waals surface area contributed by atoms with Gasteiger partial charge in [0.15, 0.2) is 6.04 Å². The molecule has 1 amide bonds.